The van der Waals surface area contributed by atoms with E-state index < -0.39 is 0 Å². The fourth-order valence-electron chi connectivity index (χ4n) is 2.91. The van der Waals surface area contributed by atoms with Crippen LogP contribution in [0, 0.1) is 0 Å². The molecule has 3 nitrogen and oxygen atoms in total. The molecule has 0 spiro atoms. The summed E-state index contributed by atoms with van der Waals surface area (Å²) in [6.07, 6.45) is 3.30. The smallest absolute Gasteiger partial charge is 0.0443 e. The second-order valence-corrected chi connectivity index (χ2v) is 6.13. The number of halogens is 1. The van der Waals surface area contributed by atoms with Crippen molar-refractivity contribution in [3.8, 4) is 0 Å². The third kappa shape index (κ3) is 4.74. The molecular weight excluding hydrogens is 272 g/mol. The highest BCUT2D eigenvalue weighted by molar-refractivity contribution is 6.30. The molecule has 1 N–H and O–H groups in total. The maximum atomic E-state index is 8.90. The molecule has 1 aromatic carbocycles. The van der Waals surface area contributed by atoms with Crippen molar-refractivity contribution in [1.82, 2.24) is 9.80 Å². The Balaban J connectivity index is 1.76. The molecule has 0 unspecified atom stereocenters. The zero-order valence-corrected chi connectivity index (χ0v) is 13.0. The third-order valence-electron chi connectivity index (χ3n) is 4.14. The molecule has 1 saturated heterocycles. The van der Waals surface area contributed by atoms with Gasteiger partial charge in [0.25, 0.3) is 0 Å². The van der Waals surface area contributed by atoms with Gasteiger partial charge in [-0.15, -0.1) is 0 Å². The van der Waals surface area contributed by atoms with E-state index in [2.05, 4.69) is 29.0 Å². The van der Waals surface area contributed by atoms with Crippen LogP contribution in [0.15, 0.2) is 24.3 Å². The molecule has 0 radical (unpaired) electrons. The largest absolute Gasteiger partial charge is 0.396 e. The van der Waals surface area contributed by atoms with Gasteiger partial charge in [0.2, 0.25) is 0 Å². The summed E-state index contributed by atoms with van der Waals surface area (Å²) < 4.78 is 0. The Labute approximate surface area is 127 Å². The highest BCUT2D eigenvalue weighted by atomic mass is 35.5. The first-order chi connectivity index (χ1) is 9.69. The lowest BCUT2D eigenvalue weighted by atomic mass is 10.0. The van der Waals surface area contributed by atoms with E-state index >= 15 is 0 Å². The number of nitrogens with zero attached hydrogens (tertiary/aromatic N) is 2. The van der Waals surface area contributed by atoms with Crippen molar-refractivity contribution in [2.75, 3.05) is 33.3 Å². The van der Waals surface area contributed by atoms with E-state index in [1.165, 1.54) is 18.4 Å². The summed E-state index contributed by atoms with van der Waals surface area (Å²) in [5.41, 5.74) is 1.30. The van der Waals surface area contributed by atoms with Crippen LogP contribution < -0.4 is 0 Å². The average Bonchev–Trinajstić information content (AvgIpc) is 2.45. The zero-order valence-electron chi connectivity index (χ0n) is 12.3. The van der Waals surface area contributed by atoms with Crippen molar-refractivity contribution in [3.05, 3.63) is 34.9 Å². The van der Waals surface area contributed by atoms with Crippen molar-refractivity contribution < 1.29 is 5.11 Å². The van der Waals surface area contributed by atoms with Gasteiger partial charge in [0.1, 0.15) is 0 Å². The van der Waals surface area contributed by atoms with E-state index in [0.29, 0.717) is 6.04 Å². The first kappa shape index (κ1) is 15.8. The fourth-order valence-corrected chi connectivity index (χ4v) is 3.13. The molecule has 2 rings (SSSR count). The van der Waals surface area contributed by atoms with Gasteiger partial charge in [-0.25, -0.2) is 0 Å². The molecule has 0 saturated carbocycles. The molecule has 1 fully saturated rings. The topological polar surface area (TPSA) is 26.7 Å². The molecular formula is C16H25ClN2O. The van der Waals surface area contributed by atoms with Gasteiger partial charge in [0.05, 0.1) is 0 Å². The van der Waals surface area contributed by atoms with Crippen LogP contribution in [-0.2, 0) is 6.54 Å². The van der Waals surface area contributed by atoms with E-state index in [0.717, 1.165) is 37.6 Å². The fraction of sp³-hybridized carbons (Fsp3) is 0.625. The van der Waals surface area contributed by atoms with Gasteiger partial charge in [-0.3, -0.25) is 4.90 Å². The Morgan fingerprint density at radius 2 is 2.10 bits per heavy atom. The van der Waals surface area contributed by atoms with E-state index in [9.17, 15) is 0 Å². The summed E-state index contributed by atoms with van der Waals surface area (Å²) in [7, 11) is 2.17. The lowest BCUT2D eigenvalue weighted by Gasteiger charge is -2.36. The summed E-state index contributed by atoms with van der Waals surface area (Å²) in [5, 5.41) is 9.72. The number of benzene rings is 1. The highest BCUT2D eigenvalue weighted by Crippen LogP contribution is 2.19. The van der Waals surface area contributed by atoms with E-state index in [-0.39, 0.29) is 6.61 Å². The Morgan fingerprint density at radius 3 is 2.75 bits per heavy atom. The van der Waals surface area contributed by atoms with Gasteiger partial charge in [0.15, 0.2) is 0 Å². The van der Waals surface area contributed by atoms with E-state index in [4.69, 9.17) is 16.7 Å². The monoisotopic (exact) mass is 296 g/mol. The van der Waals surface area contributed by atoms with Crippen LogP contribution in [-0.4, -0.2) is 54.2 Å². The van der Waals surface area contributed by atoms with Crippen LogP contribution in [0.2, 0.25) is 5.02 Å². The van der Waals surface area contributed by atoms with Crippen LogP contribution in [0.3, 0.4) is 0 Å². The quantitative estimate of drug-likeness (QED) is 0.874. The number of likely N-dealkylation sites (tertiary alicyclic amines) is 1. The molecule has 112 valence electrons. The van der Waals surface area contributed by atoms with Gasteiger partial charge >= 0.3 is 0 Å². The molecule has 1 aliphatic heterocycles. The lowest BCUT2D eigenvalue weighted by Crippen LogP contribution is -2.43. The van der Waals surface area contributed by atoms with Gasteiger partial charge in [-0.1, -0.05) is 23.7 Å². The number of hydrogen-bond donors (Lipinski definition) is 1. The predicted molar refractivity (Wildman–Crippen MR) is 84.1 cm³/mol. The number of aliphatic hydroxyl groups is 1. The van der Waals surface area contributed by atoms with Gasteiger partial charge in [0, 0.05) is 30.8 Å². The standard InChI is InChI=1S/C16H25ClN2O/c1-18(8-3-11-20)16-6-9-19(10-7-16)13-14-4-2-5-15(17)12-14/h2,4-5,12,16,20H,3,6-11,13H2,1H3. The molecule has 20 heavy (non-hydrogen) atoms. The van der Waals surface area contributed by atoms with Crippen LogP contribution in [0.1, 0.15) is 24.8 Å². The maximum absolute atomic E-state index is 8.90. The van der Waals surface area contributed by atoms with Crippen molar-refractivity contribution in [2.24, 2.45) is 0 Å². The number of aliphatic hydroxyl groups excluding tert-OH is 1. The van der Waals surface area contributed by atoms with Gasteiger partial charge in [-0.05, 0) is 57.1 Å². The molecule has 0 amide bonds. The number of piperidine rings is 1. The van der Waals surface area contributed by atoms with Crippen molar-refractivity contribution in [2.45, 2.75) is 31.8 Å². The minimum absolute atomic E-state index is 0.290. The Kier molecular flexibility index (Phi) is 6.30. The summed E-state index contributed by atoms with van der Waals surface area (Å²) >= 11 is 6.03. The van der Waals surface area contributed by atoms with Crippen molar-refractivity contribution in [1.29, 1.82) is 0 Å². The number of hydrogen-bond acceptors (Lipinski definition) is 3. The molecule has 1 aliphatic rings. The minimum atomic E-state index is 0.290. The van der Waals surface area contributed by atoms with Crippen molar-refractivity contribution >= 4 is 11.6 Å². The summed E-state index contributed by atoms with van der Waals surface area (Å²) in [4.78, 5) is 4.90. The molecule has 0 aromatic heterocycles. The summed E-state index contributed by atoms with van der Waals surface area (Å²) in [6, 6.07) is 8.81. The Hall–Kier alpha value is -0.610. The van der Waals surface area contributed by atoms with Crippen LogP contribution in [0.4, 0.5) is 0 Å². The summed E-state index contributed by atoms with van der Waals surface area (Å²) in [5.74, 6) is 0. The van der Waals surface area contributed by atoms with Gasteiger partial charge in [-0.2, -0.15) is 0 Å². The second kappa shape index (κ2) is 7.99. The molecule has 1 heterocycles. The van der Waals surface area contributed by atoms with Crippen LogP contribution in [0.5, 0.6) is 0 Å². The SMILES string of the molecule is CN(CCCO)C1CCN(Cc2cccc(Cl)c2)CC1. The van der Waals surface area contributed by atoms with E-state index in [1.807, 2.05) is 12.1 Å². The second-order valence-electron chi connectivity index (χ2n) is 5.70. The lowest BCUT2D eigenvalue weighted by molar-refractivity contribution is 0.117. The van der Waals surface area contributed by atoms with E-state index in [1.54, 1.807) is 0 Å². The molecule has 0 atom stereocenters. The first-order valence-electron chi connectivity index (χ1n) is 7.47. The van der Waals surface area contributed by atoms with Crippen LogP contribution >= 0.6 is 11.6 Å². The Bertz CT molecular complexity index is 405. The third-order valence-corrected chi connectivity index (χ3v) is 4.38. The minimum Gasteiger partial charge on any atom is -0.396 e. The van der Waals surface area contributed by atoms with Crippen LogP contribution in [0.25, 0.3) is 0 Å². The molecule has 4 heteroatoms. The normalized spacial score (nSPS) is 17.8. The molecule has 0 bridgehead atoms. The predicted octanol–water partition coefficient (Wildman–Crippen LogP) is 2.62. The average molecular weight is 297 g/mol. The Morgan fingerprint density at radius 1 is 1.35 bits per heavy atom. The van der Waals surface area contributed by atoms with Gasteiger partial charge < -0.3 is 10.0 Å². The zero-order chi connectivity index (χ0) is 14.4. The first-order valence-corrected chi connectivity index (χ1v) is 7.84. The maximum Gasteiger partial charge on any atom is 0.0443 e. The highest BCUT2D eigenvalue weighted by Gasteiger charge is 2.22. The molecule has 0 aliphatic carbocycles. The van der Waals surface area contributed by atoms with Crippen molar-refractivity contribution in [3.63, 3.8) is 0 Å². The summed E-state index contributed by atoms with van der Waals surface area (Å²) in [6.45, 7) is 4.56. The number of rotatable bonds is 6. The molecule has 1 aromatic rings.